The van der Waals surface area contributed by atoms with Crippen LogP contribution in [0.2, 0.25) is 0 Å². The van der Waals surface area contributed by atoms with Gasteiger partial charge >= 0.3 is 0 Å². The molecule has 0 N–H and O–H groups in total. The minimum absolute atomic E-state index is 0.00755. The summed E-state index contributed by atoms with van der Waals surface area (Å²) in [6, 6.07) is 9.22. The van der Waals surface area contributed by atoms with E-state index >= 15 is 0 Å². The number of ketones is 1. The lowest BCUT2D eigenvalue weighted by Gasteiger charge is -2.07. The molecule has 2 aromatic rings. The highest BCUT2D eigenvalue weighted by Crippen LogP contribution is 2.27. The molecule has 0 aliphatic heterocycles. The van der Waals surface area contributed by atoms with Crippen molar-refractivity contribution in [3.8, 4) is 5.75 Å². The minimum Gasteiger partial charge on any atom is -0.490 e. The van der Waals surface area contributed by atoms with E-state index in [9.17, 15) is 4.79 Å². The summed E-state index contributed by atoms with van der Waals surface area (Å²) in [5, 5.41) is 0. The highest BCUT2D eigenvalue weighted by molar-refractivity contribution is 6.09. The second kappa shape index (κ2) is 4.84. The Bertz CT molecular complexity index is 618. The van der Waals surface area contributed by atoms with Crippen molar-refractivity contribution in [2.24, 2.45) is 0 Å². The molecule has 0 saturated heterocycles. The molecule has 3 nitrogen and oxygen atoms in total. The Labute approximate surface area is 112 Å². The van der Waals surface area contributed by atoms with Crippen LogP contribution in [0, 0.1) is 6.92 Å². The monoisotopic (exact) mass is 253 g/mol. The van der Waals surface area contributed by atoms with E-state index in [1.165, 1.54) is 0 Å². The fourth-order valence-electron chi connectivity index (χ4n) is 1.95. The van der Waals surface area contributed by atoms with E-state index in [4.69, 9.17) is 4.74 Å². The average Bonchev–Trinajstić information content (AvgIpc) is 3.23. The van der Waals surface area contributed by atoms with Crippen molar-refractivity contribution >= 4 is 5.78 Å². The molecule has 3 rings (SSSR count). The van der Waals surface area contributed by atoms with Gasteiger partial charge in [-0.1, -0.05) is 12.1 Å². The van der Waals surface area contributed by atoms with Crippen LogP contribution in [0.3, 0.4) is 0 Å². The first-order valence-corrected chi connectivity index (χ1v) is 6.46. The average molecular weight is 253 g/mol. The third-order valence-electron chi connectivity index (χ3n) is 3.21. The molecule has 0 amide bonds. The largest absolute Gasteiger partial charge is 0.490 e. The lowest BCUT2D eigenvalue weighted by Crippen LogP contribution is -2.05. The van der Waals surface area contributed by atoms with E-state index in [0.717, 1.165) is 24.2 Å². The van der Waals surface area contributed by atoms with Gasteiger partial charge < -0.3 is 4.74 Å². The third-order valence-corrected chi connectivity index (χ3v) is 3.21. The van der Waals surface area contributed by atoms with Gasteiger partial charge in [0.25, 0.3) is 0 Å². The molecule has 1 aromatic heterocycles. The van der Waals surface area contributed by atoms with Crippen LogP contribution in [-0.4, -0.2) is 16.9 Å². The highest BCUT2D eigenvalue weighted by atomic mass is 16.5. The Morgan fingerprint density at radius 1 is 1.32 bits per heavy atom. The number of carbonyl (C=O) groups is 1. The van der Waals surface area contributed by atoms with Gasteiger partial charge in [-0.05, 0) is 43.5 Å². The number of carbonyl (C=O) groups excluding carboxylic acids is 1. The molecule has 0 unspecified atom stereocenters. The molecule has 1 fully saturated rings. The molecule has 1 aliphatic rings. The van der Waals surface area contributed by atoms with E-state index < -0.39 is 0 Å². The first-order valence-electron chi connectivity index (χ1n) is 6.46. The topological polar surface area (TPSA) is 39.2 Å². The molecular weight excluding hydrogens is 238 g/mol. The lowest BCUT2D eigenvalue weighted by atomic mass is 10.0. The van der Waals surface area contributed by atoms with Crippen molar-refractivity contribution < 1.29 is 9.53 Å². The van der Waals surface area contributed by atoms with Crippen LogP contribution in [0.15, 0.2) is 42.7 Å². The zero-order valence-corrected chi connectivity index (χ0v) is 10.8. The van der Waals surface area contributed by atoms with Crippen LogP contribution in [0.25, 0.3) is 0 Å². The Kier molecular flexibility index (Phi) is 3.03. The van der Waals surface area contributed by atoms with Crippen molar-refractivity contribution in [2.75, 3.05) is 0 Å². The summed E-state index contributed by atoms with van der Waals surface area (Å²) in [5.74, 6) is 0.766. The first-order chi connectivity index (χ1) is 9.24. The predicted molar refractivity (Wildman–Crippen MR) is 72.5 cm³/mol. The number of aromatic nitrogens is 1. The molecule has 1 saturated carbocycles. The van der Waals surface area contributed by atoms with Crippen LogP contribution in [-0.2, 0) is 0 Å². The molecule has 0 atom stereocenters. The van der Waals surface area contributed by atoms with Gasteiger partial charge in [0.15, 0.2) is 5.78 Å². The van der Waals surface area contributed by atoms with Gasteiger partial charge in [0.1, 0.15) is 5.75 Å². The fourth-order valence-corrected chi connectivity index (χ4v) is 1.95. The number of pyridine rings is 1. The quantitative estimate of drug-likeness (QED) is 0.786. The van der Waals surface area contributed by atoms with E-state index in [-0.39, 0.29) is 5.78 Å². The second-order valence-corrected chi connectivity index (χ2v) is 4.86. The first kappa shape index (κ1) is 11.9. The molecule has 1 aliphatic carbocycles. The molecule has 0 spiro atoms. The predicted octanol–water partition coefficient (Wildman–Crippen LogP) is 3.16. The number of benzene rings is 1. The van der Waals surface area contributed by atoms with Gasteiger partial charge in [0, 0.05) is 23.5 Å². The number of hydrogen-bond acceptors (Lipinski definition) is 3. The molecule has 0 radical (unpaired) electrons. The van der Waals surface area contributed by atoms with Gasteiger partial charge in [-0.15, -0.1) is 0 Å². The maximum Gasteiger partial charge on any atom is 0.194 e. The van der Waals surface area contributed by atoms with Crippen LogP contribution in [0.4, 0.5) is 0 Å². The van der Waals surface area contributed by atoms with E-state index in [2.05, 4.69) is 4.98 Å². The van der Waals surface area contributed by atoms with Crippen molar-refractivity contribution in [2.45, 2.75) is 25.9 Å². The molecular formula is C16H15NO2. The Morgan fingerprint density at radius 3 is 2.89 bits per heavy atom. The Hall–Kier alpha value is -2.16. The molecule has 0 bridgehead atoms. The maximum absolute atomic E-state index is 12.4. The molecule has 19 heavy (non-hydrogen) atoms. The maximum atomic E-state index is 12.4. The van der Waals surface area contributed by atoms with Crippen molar-refractivity contribution in [3.05, 3.63) is 59.4 Å². The van der Waals surface area contributed by atoms with Gasteiger partial charge in [0.2, 0.25) is 0 Å². The number of ether oxygens (including phenoxy) is 1. The summed E-state index contributed by atoms with van der Waals surface area (Å²) < 4.78 is 5.71. The minimum atomic E-state index is -0.00755. The van der Waals surface area contributed by atoms with Crippen LogP contribution in [0.5, 0.6) is 5.75 Å². The number of aryl methyl sites for hydroxylation is 1. The summed E-state index contributed by atoms with van der Waals surface area (Å²) in [6.07, 6.45) is 5.87. The van der Waals surface area contributed by atoms with Gasteiger partial charge in [-0.3, -0.25) is 9.78 Å². The van der Waals surface area contributed by atoms with Gasteiger partial charge in [-0.25, -0.2) is 0 Å². The Morgan fingerprint density at radius 2 is 2.16 bits per heavy atom. The number of nitrogens with zero attached hydrogens (tertiary/aromatic N) is 1. The van der Waals surface area contributed by atoms with Crippen LogP contribution in [0.1, 0.15) is 34.3 Å². The van der Waals surface area contributed by atoms with Crippen LogP contribution >= 0.6 is 0 Å². The summed E-state index contributed by atoms with van der Waals surface area (Å²) in [6.45, 7) is 1.92. The standard InChI is InChI=1S/C16H15NO2/c1-11-7-8-17-10-15(11)16(18)12-3-2-4-14(9-12)19-13-5-6-13/h2-4,7-10,13H,5-6H2,1H3. The highest BCUT2D eigenvalue weighted by Gasteiger charge is 2.23. The zero-order chi connectivity index (χ0) is 13.2. The van der Waals surface area contributed by atoms with E-state index in [1.807, 2.05) is 37.3 Å². The molecule has 96 valence electrons. The number of rotatable bonds is 4. The zero-order valence-electron chi connectivity index (χ0n) is 10.8. The van der Waals surface area contributed by atoms with E-state index in [1.54, 1.807) is 12.4 Å². The normalized spacial score (nSPS) is 14.2. The summed E-state index contributed by atoms with van der Waals surface area (Å²) >= 11 is 0. The smallest absolute Gasteiger partial charge is 0.194 e. The lowest BCUT2D eigenvalue weighted by molar-refractivity contribution is 0.103. The van der Waals surface area contributed by atoms with Crippen molar-refractivity contribution in [3.63, 3.8) is 0 Å². The third kappa shape index (κ3) is 2.65. The Balaban J connectivity index is 1.88. The van der Waals surface area contributed by atoms with E-state index in [0.29, 0.717) is 17.2 Å². The number of hydrogen-bond donors (Lipinski definition) is 0. The van der Waals surface area contributed by atoms with Gasteiger partial charge in [0.05, 0.1) is 6.10 Å². The van der Waals surface area contributed by atoms with Crippen LogP contribution < -0.4 is 4.74 Å². The fraction of sp³-hybridized carbons (Fsp3) is 0.250. The van der Waals surface area contributed by atoms with Crippen molar-refractivity contribution in [1.29, 1.82) is 0 Å². The SMILES string of the molecule is Cc1ccncc1C(=O)c1cccc(OC2CC2)c1. The molecule has 1 aromatic carbocycles. The summed E-state index contributed by atoms with van der Waals surface area (Å²) in [7, 11) is 0. The van der Waals surface area contributed by atoms with Gasteiger partial charge in [-0.2, -0.15) is 0 Å². The second-order valence-electron chi connectivity index (χ2n) is 4.86. The van der Waals surface area contributed by atoms with Crippen molar-refractivity contribution in [1.82, 2.24) is 4.98 Å². The summed E-state index contributed by atoms with van der Waals surface area (Å²) in [4.78, 5) is 16.4. The summed E-state index contributed by atoms with van der Waals surface area (Å²) in [5.41, 5.74) is 2.23. The molecule has 3 heteroatoms. The molecule has 1 heterocycles.